The van der Waals surface area contributed by atoms with Gasteiger partial charge in [-0.15, -0.1) is 11.8 Å². The molecule has 100 valence electrons. The van der Waals surface area contributed by atoms with Gasteiger partial charge in [-0.05, 0) is 55.5 Å². The number of thioether (sulfide) groups is 1. The van der Waals surface area contributed by atoms with Crippen molar-refractivity contribution >= 4 is 17.4 Å². The fourth-order valence-corrected chi connectivity index (χ4v) is 2.37. The van der Waals surface area contributed by atoms with Crippen molar-refractivity contribution in [1.29, 1.82) is 0 Å². The molecular formula is C16H18FNS. The van der Waals surface area contributed by atoms with Crippen molar-refractivity contribution in [3.8, 4) is 0 Å². The van der Waals surface area contributed by atoms with Gasteiger partial charge in [0, 0.05) is 10.9 Å². The fourth-order valence-electron chi connectivity index (χ4n) is 1.96. The van der Waals surface area contributed by atoms with Crippen LogP contribution in [0.25, 0.3) is 0 Å². The molecule has 0 saturated carbocycles. The van der Waals surface area contributed by atoms with Crippen molar-refractivity contribution in [2.75, 3.05) is 11.6 Å². The Labute approximate surface area is 118 Å². The van der Waals surface area contributed by atoms with Gasteiger partial charge in [0.05, 0.1) is 5.69 Å². The van der Waals surface area contributed by atoms with Crippen LogP contribution in [-0.2, 0) is 0 Å². The maximum atomic E-state index is 13.7. The van der Waals surface area contributed by atoms with E-state index in [1.54, 1.807) is 17.8 Å². The fraction of sp³-hybridized carbons (Fsp3) is 0.250. The molecule has 0 saturated heterocycles. The van der Waals surface area contributed by atoms with Gasteiger partial charge in [-0.1, -0.05) is 18.2 Å². The van der Waals surface area contributed by atoms with Gasteiger partial charge in [0.25, 0.3) is 0 Å². The van der Waals surface area contributed by atoms with E-state index in [1.165, 1.54) is 11.0 Å². The second kappa shape index (κ2) is 6.11. The minimum absolute atomic E-state index is 0.0761. The third-order valence-corrected chi connectivity index (χ3v) is 3.85. The Morgan fingerprint density at radius 2 is 1.79 bits per heavy atom. The summed E-state index contributed by atoms with van der Waals surface area (Å²) in [6.07, 6.45) is 2.05. The van der Waals surface area contributed by atoms with Crippen molar-refractivity contribution in [1.82, 2.24) is 0 Å². The van der Waals surface area contributed by atoms with Crippen LogP contribution in [0.4, 0.5) is 10.1 Å². The standard InChI is InChI=1S/C16H18FNS/c1-11-4-9-15(17)16(10-11)18-12(2)13-5-7-14(19-3)8-6-13/h4-10,12,18H,1-3H3. The minimum Gasteiger partial charge on any atom is -0.376 e. The zero-order chi connectivity index (χ0) is 13.8. The third kappa shape index (κ3) is 3.51. The maximum absolute atomic E-state index is 13.7. The Balaban J connectivity index is 2.15. The van der Waals surface area contributed by atoms with Crippen molar-refractivity contribution in [2.24, 2.45) is 0 Å². The highest BCUT2D eigenvalue weighted by Crippen LogP contribution is 2.24. The van der Waals surface area contributed by atoms with Crippen molar-refractivity contribution in [3.05, 3.63) is 59.4 Å². The van der Waals surface area contributed by atoms with Crippen LogP contribution in [0.3, 0.4) is 0 Å². The molecule has 0 heterocycles. The summed E-state index contributed by atoms with van der Waals surface area (Å²) in [4.78, 5) is 1.23. The predicted molar refractivity (Wildman–Crippen MR) is 81.4 cm³/mol. The van der Waals surface area contributed by atoms with Crippen molar-refractivity contribution in [3.63, 3.8) is 0 Å². The van der Waals surface area contributed by atoms with Crippen LogP contribution in [0.2, 0.25) is 0 Å². The molecule has 0 aliphatic rings. The Bertz CT molecular complexity index is 551. The van der Waals surface area contributed by atoms with E-state index in [4.69, 9.17) is 0 Å². The Hall–Kier alpha value is -1.48. The molecule has 2 aromatic carbocycles. The predicted octanol–water partition coefficient (Wildman–Crippen LogP) is 5.03. The summed E-state index contributed by atoms with van der Waals surface area (Å²) in [6, 6.07) is 13.5. The molecule has 2 aromatic rings. The Morgan fingerprint density at radius 3 is 2.42 bits per heavy atom. The van der Waals surface area contributed by atoms with Crippen molar-refractivity contribution < 1.29 is 4.39 Å². The lowest BCUT2D eigenvalue weighted by molar-refractivity contribution is 0.627. The molecular weight excluding hydrogens is 257 g/mol. The molecule has 0 aliphatic heterocycles. The summed E-state index contributed by atoms with van der Waals surface area (Å²) in [6.45, 7) is 4.00. The molecule has 19 heavy (non-hydrogen) atoms. The summed E-state index contributed by atoms with van der Waals surface area (Å²) < 4.78 is 13.7. The number of anilines is 1. The number of hydrogen-bond acceptors (Lipinski definition) is 2. The van der Waals surface area contributed by atoms with Crippen LogP contribution in [-0.4, -0.2) is 6.26 Å². The molecule has 1 atom stereocenters. The van der Waals surface area contributed by atoms with Gasteiger partial charge >= 0.3 is 0 Å². The number of benzene rings is 2. The van der Waals surface area contributed by atoms with Crippen LogP contribution < -0.4 is 5.32 Å². The third-order valence-electron chi connectivity index (χ3n) is 3.11. The van der Waals surface area contributed by atoms with Crippen LogP contribution in [0.1, 0.15) is 24.1 Å². The molecule has 0 aliphatic carbocycles. The van der Waals surface area contributed by atoms with Crippen LogP contribution in [0.15, 0.2) is 47.4 Å². The number of halogens is 1. The van der Waals surface area contributed by atoms with Gasteiger partial charge in [0.15, 0.2) is 0 Å². The lowest BCUT2D eigenvalue weighted by Crippen LogP contribution is -2.08. The highest BCUT2D eigenvalue weighted by atomic mass is 32.2. The van der Waals surface area contributed by atoms with Gasteiger partial charge in [0.2, 0.25) is 0 Å². The summed E-state index contributed by atoms with van der Waals surface area (Å²) in [5.41, 5.74) is 2.76. The lowest BCUT2D eigenvalue weighted by atomic mass is 10.1. The van der Waals surface area contributed by atoms with E-state index in [1.807, 2.05) is 19.9 Å². The average Bonchev–Trinajstić information content (AvgIpc) is 2.43. The summed E-state index contributed by atoms with van der Waals surface area (Å²) >= 11 is 1.72. The van der Waals surface area contributed by atoms with E-state index in [0.717, 1.165) is 11.1 Å². The largest absolute Gasteiger partial charge is 0.376 e. The molecule has 0 amide bonds. The first-order valence-electron chi connectivity index (χ1n) is 6.27. The first kappa shape index (κ1) is 13.9. The van der Waals surface area contributed by atoms with E-state index in [0.29, 0.717) is 5.69 Å². The van der Waals surface area contributed by atoms with E-state index < -0.39 is 0 Å². The van der Waals surface area contributed by atoms with Gasteiger partial charge in [0.1, 0.15) is 5.82 Å². The highest BCUT2D eigenvalue weighted by Gasteiger charge is 2.08. The monoisotopic (exact) mass is 275 g/mol. The van der Waals surface area contributed by atoms with Crippen LogP contribution in [0.5, 0.6) is 0 Å². The number of aryl methyl sites for hydroxylation is 1. The van der Waals surface area contributed by atoms with E-state index in [9.17, 15) is 4.39 Å². The van der Waals surface area contributed by atoms with Gasteiger partial charge < -0.3 is 5.32 Å². The molecule has 0 bridgehead atoms. The SMILES string of the molecule is CSc1ccc(C(C)Nc2cc(C)ccc2F)cc1. The van der Waals surface area contributed by atoms with Gasteiger partial charge in [-0.3, -0.25) is 0 Å². The van der Waals surface area contributed by atoms with Gasteiger partial charge in [-0.25, -0.2) is 4.39 Å². The smallest absolute Gasteiger partial charge is 0.146 e. The molecule has 0 radical (unpaired) electrons. The van der Waals surface area contributed by atoms with Crippen LogP contribution in [0, 0.1) is 12.7 Å². The van der Waals surface area contributed by atoms with E-state index in [2.05, 4.69) is 35.8 Å². The normalized spacial score (nSPS) is 12.2. The second-order valence-electron chi connectivity index (χ2n) is 4.62. The second-order valence-corrected chi connectivity index (χ2v) is 5.50. The summed E-state index contributed by atoms with van der Waals surface area (Å²) in [7, 11) is 0. The lowest BCUT2D eigenvalue weighted by Gasteiger charge is -2.17. The molecule has 0 spiro atoms. The number of hydrogen-bond donors (Lipinski definition) is 1. The molecule has 0 aromatic heterocycles. The minimum atomic E-state index is -0.210. The molecule has 1 N–H and O–H groups in total. The average molecular weight is 275 g/mol. The van der Waals surface area contributed by atoms with Crippen LogP contribution >= 0.6 is 11.8 Å². The topological polar surface area (TPSA) is 12.0 Å². The van der Waals surface area contributed by atoms with E-state index in [-0.39, 0.29) is 11.9 Å². The zero-order valence-corrected chi connectivity index (χ0v) is 12.2. The van der Waals surface area contributed by atoms with Gasteiger partial charge in [-0.2, -0.15) is 0 Å². The number of rotatable bonds is 4. The Morgan fingerprint density at radius 1 is 1.11 bits per heavy atom. The quantitative estimate of drug-likeness (QED) is 0.785. The molecule has 2 rings (SSSR count). The molecule has 1 nitrogen and oxygen atoms in total. The zero-order valence-electron chi connectivity index (χ0n) is 11.4. The van der Waals surface area contributed by atoms with Crippen molar-refractivity contribution in [2.45, 2.75) is 24.8 Å². The van der Waals surface area contributed by atoms with E-state index >= 15 is 0 Å². The number of nitrogens with one attached hydrogen (secondary N) is 1. The molecule has 0 fully saturated rings. The first-order valence-corrected chi connectivity index (χ1v) is 7.49. The molecule has 1 unspecified atom stereocenters. The maximum Gasteiger partial charge on any atom is 0.146 e. The molecule has 3 heteroatoms. The first-order chi connectivity index (χ1) is 9.10. The summed E-state index contributed by atoms with van der Waals surface area (Å²) in [5.74, 6) is -0.210. The summed E-state index contributed by atoms with van der Waals surface area (Å²) in [5, 5.41) is 3.22. The highest BCUT2D eigenvalue weighted by molar-refractivity contribution is 7.98. The Kier molecular flexibility index (Phi) is 4.48.